The number of thiophene rings is 1. The van der Waals surface area contributed by atoms with Crippen LogP contribution in [-0.2, 0) is 4.74 Å². The second-order valence-corrected chi connectivity index (χ2v) is 4.17. The fourth-order valence-electron chi connectivity index (χ4n) is 1.43. The summed E-state index contributed by atoms with van der Waals surface area (Å²) in [6, 6.07) is 5.58. The lowest BCUT2D eigenvalue weighted by Gasteiger charge is -2.07. The van der Waals surface area contributed by atoms with Crippen molar-refractivity contribution in [1.29, 1.82) is 0 Å². The Morgan fingerprint density at radius 1 is 1.44 bits per heavy atom. The highest BCUT2D eigenvalue weighted by Crippen LogP contribution is 2.31. The van der Waals surface area contributed by atoms with Gasteiger partial charge in [-0.15, -0.1) is 11.3 Å². The third-order valence-corrected chi connectivity index (χ3v) is 3.06. The lowest BCUT2D eigenvalue weighted by atomic mass is 10.2. The summed E-state index contributed by atoms with van der Waals surface area (Å²) in [6.45, 7) is 2.73. The summed E-state index contributed by atoms with van der Waals surface area (Å²) in [4.78, 5) is 10.8. The predicted molar refractivity (Wildman–Crippen MR) is 64.3 cm³/mol. The summed E-state index contributed by atoms with van der Waals surface area (Å²) in [5.74, 6) is 0.703. The Morgan fingerprint density at radius 2 is 2.31 bits per heavy atom. The maximum Gasteiger partial charge on any atom is 0.189 e. The van der Waals surface area contributed by atoms with Gasteiger partial charge in [-0.25, -0.2) is 0 Å². The van der Waals surface area contributed by atoms with E-state index in [2.05, 4.69) is 0 Å². The van der Waals surface area contributed by atoms with Gasteiger partial charge < -0.3 is 9.47 Å². The molecule has 0 unspecified atom stereocenters. The second-order valence-electron chi connectivity index (χ2n) is 3.22. The summed E-state index contributed by atoms with van der Waals surface area (Å²) in [5.41, 5.74) is 0.626. The van der Waals surface area contributed by atoms with Crippen molar-refractivity contribution in [1.82, 2.24) is 0 Å². The van der Waals surface area contributed by atoms with E-state index in [1.807, 2.05) is 24.4 Å². The number of ether oxygens (including phenoxy) is 2. The summed E-state index contributed by atoms with van der Waals surface area (Å²) in [6.07, 6.45) is 0.826. The zero-order valence-electron chi connectivity index (χ0n) is 8.93. The lowest BCUT2D eigenvalue weighted by Crippen LogP contribution is -2.02. The quantitative estimate of drug-likeness (QED) is 0.454. The maximum atomic E-state index is 10.8. The predicted octanol–water partition coefficient (Wildman–Crippen LogP) is 3.09. The number of hydrogen-bond donors (Lipinski definition) is 0. The SMILES string of the molecule is CCOCOc1cc(C=O)cc2sccc12. The molecule has 0 amide bonds. The molecule has 0 radical (unpaired) electrons. The summed E-state index contributed by atoms with van der Waals surface area (Å²) in [7, 11) is 0. The molecular weight excluding hydrogens is 224 g/mol. The molecule has 0 saturated carbocycles. The molecule has 1 aromatic carbocycles. The van der Waals surface area contributed by atoms with Crippen molar-refractivity contribution in [2.24, 2.45) is 0 Å². The van der Waals surface area contributed by atoms with Crippen molar-refractivity contribution in [2.75, 3.05) is 13.4 Å². The third-order valence-electron chi connectivity index (χ3n) is 2.19. The van der Waals surface area contributed by atoms with Gasteiger partial charge in [-0.2, -0.15) is 0 Å². The van der Waals surface area contributed by atoms with Crippen LogP contribution in [0.15, 0.2) is 23.6 Å². The fourth-order valence-corrected chi connectivity index (χ4v) is 2.28. The smallest absolute Gasteiger partial charge is 0.189 e. The molecule has 2 rings (SSSR count). The van der Waals surface area contributed by atoms with Crippen molar-refractivity contribution in [2.45, 2.75) is 6.92 Å². The maximum absolute atomic E-state index is 10.8. The molecule has 0 aliphatic carbocycles. The average Bonchev–Trinajstić information content (AvgIpc) is 2.77. The van der Waals surface area contributed by atoms with Crippen molar-refractivity contribution in [3.8, 4) is 5.75 Å². The Bertz CT molecular complexity index is 490. The first-order chi connectivity index (χ1) is 7.85. The molecule has 0 fully saturated rings. The summed E-state index contributed by atoms with van der Waals surface area (Å²) in [5, 5.41) is 3.00. The van der Waals surface area contributed by atoms with Gasteiger partial charge in [0.25, 0.3) is 0 Å². The van der Waals surface area contributed by atoms with E-state index in [4.69, 9.17) is 9.47 Å². The molecular formula is C12H12O3S. The molecule has 2 aromatic rings. The average molecular weight is 236 g/mol. The van der Waals surface area contributed by atoms with E-state index in [1.165, 1.54) is 0 Å². The van der Waals surface area contributed by atoms with E-state index in [0.29, 0.717) is 17.9 Å². The van der Waals surface area contributed by atoms with Gasteiger partial charge in [0.05, 0.1) is 0 Å². The van der Waals surface area contributed by atoms with Gasteiger partial charge in [-0.1, -0.05) is 0 Å². The number of carbonyl (C=O) groups is 1. The van der Waals surface area contributed by atoms with Crippen LogP contribution < -0.4 is 4.74 Å². The molecule has 4 heteroatoms. The Morgan fingerprint density at radius 3 is 3.06 bits per heavy atom. The molecule has 84 valence electrons. The Kier molecular flexibility index (Phi) is 3.54. The molecule has 0 saturated heterocycles. The molecule has 0 N–H and O–H groups in total. The van der Waals surface area contributed by atoms with E-state index >= 15 is 0 Å². The van der Waals surface area contributed by atoms with Crippen LogP contribution in [0.25, 0.3) is 10.1 Å². The third kappa shape index (κ3) is 2.23. The van der Waals surface area contributed by atoms with Gasteiger partial charge >= 0.3 is 0 Å². The molecule has 0 bridgehead atoms. The van der Waals surface area contributed by atoms with E-state index < -0.39 is 0 Å². The number of fused-ring (bicyclic) bond motifs is 1. The minimum absolute atomic E-state index is 0.212. The van der Waals surface area contributed by atoms with Crippen molar-refractivity contribution in [3.05, 3.63) is 29.1 Å². The highest BCUT2D eigenvalue weighted by Gasteiger charge is 2.06. The Balaban J connectivity index is 2.33. The normalized spacial score (nSPS) is 10.6. The summed E-state index contributed by atoms with van der Waals surface area (Å²) < 4.78 is 11.7. The van der Waals surface area contributed by atoms with Crippen LogP contribution in [0.5, 0.6) is 5.75 Å². The van der Waals surface area contributed by atoms with E-state index in [9.17, 15) is 4.79 Å². The minimum Gasteiger partial charge on any atom is -0.467 e. The second kappa shape index (κ2) is 5.09. The van der Waals surface area contributed by atoms with Gasteiger partial charge in [0.15, 0.2) is 6.79 Å². The highest BCUT2D eigenvalue weighted by atomic mass is 32.1. The van der Waals surface area contributed by atoms with E-state index in [0.717, 1.165) is 16.4 Å². The minimum atomic E-state index is 0.212. The largest absolute Gasteiger partial charge is 0.467 e. The van der Waals surface area contributed by atoms with Crippen LogP contribution >= 0.6 is 11.3 Å². The van der Waals surface area contributed by atoms with Crippen LogP contribution in [0, 0.1) is 0 Å². The van der Waals surface area contributed by atoms with Gasteiger partial charge in [0.2, 0.25) is 0 Å². The first kappa shape index (κ1) is 11.1. The number of rotatable bonds is 5. The number of aldehydes is 1. The van der Waals surface area contributed by atoms with Gasteiger partial charge in [0, 0.05) is 22.3 Å². The molecule has 1 heterocycles. The van der Waals surface area contributed by atoms with E-state index in [1.54, 1.807) is 17.4 Å². The lowest BCUT2D eigenvalue weighted by molar-refractivity contribution is 0.0233. The summed E-state index contributed by atoms with van der Waals surface area (Å²) >= 11 is 1.59. The molecule has 3 nitrogen and oxygen atoms in total. The zero-order valence-corrected chi connectivity index (χ0v) is 9.75. The van der Waals surface area contributed by atoms with Crippen molar-refractivity contribution >= 4 is 27.7 Å². The Labute approximate surface area is 97.6 Å². The standard InChI is InChI=1S/C12H12O3S/c1-2-14-8-15-11-5-9(7-13)6-12-10(11)3-4-16-12/h3-7H,2,8H2,1H3. The first-order valence-corrected chi connectivity index (χ1v) is 5.90. The monoisotopic (exact) mass is 236 g/mol. The molecule has 0 aliphatic heterocycles. The van der Waals surface area contributed by atoms with E-state index in [-0.39, 0.29) is 6.79 Å². The van der Waals surface area contributed by atoms with Crippen LogP contribution in [0.1, 0.15) is 17.3 Å². The van der Waals surface area contributed by atoms with Gasteiger partial charge in [-0.3, -0.25) is 4.79 Å². The number of hydrogen-bond acceptors (Lipinski definition) is 4. The molecule has 16 heavy (non-hydrogen) atoms. The van der Waals surface area contributed by atoms with Crippen LogP contribution in [0.4, 0.5) is 0 Å². The number of carbonyl (C=O) groups excluding carboxylic acids is 1. The highest BCUT2D eigenvalue weighted by molar-refractivity contribution is 7.17. The first-order valence-electron chi connectivity index (χ1n) is 5.02. The fraction of sp³-hybridized carbons (Fsp3) is 0.250. The Hall–Kier alpha value is -1.39. The van der Waals surface area contributed by atoms with Gasteiger partial charge in [0.1, 0.15) is 12.0 Å². The van der Waals surface area contributed by atoms with Crippen LogP contribution in [-0.4, -0.2) is 19.7 Å². The van der Waals surface area contributed by atoms with Gasteiger partial charge in [-0.05, 0) is 30.5 Å². The van der Waals surface area contributed by atoms with Crippen molar-refractivity contribution in [3.63, 3.8) is 0 Å². The van der Waals surface area contributed by atoms with Crippen LogP contribution in [0.2, 0.25) is 0 Å². The van der Waals surface area contributed by atoms with Crippen molar-refractivity contribution < 1.29 is 14.3 Å². The number of benzene rings is 1. The molecule has 0 spiro atoms. The van der Waals surface area contributed by atoms with Crippen LogP contribution in [0.3, 0.4) is 0 Å². The molecule has 1 aromatic heterocycles. The molecule has 0 atom stereocenters. The topological polar surface area (TPSA) is 35.5 Å². The zero-order chi connectivity index (χ0) is 11.4. The molecule has 0 aliphatic rings.